The van der Waals surface area contributed by atoms with Crippen molar-refractivity contribution in [1.29, 1.82) is 0 Å². The molecule has 0 saturated carbocycles. The molecule has 3 heteroatoms. The highest BCUT2D eigenvalue weighted by molar-refractivity contribution is 9.09. The van der Waals surface area contributed by atoms with E-state index in [1.807, 2.05) is 0 Å². The zero-order valence-corrected chi connectivity index (χ0v) is 9.12. The Morgan fingerprint density at radius 1 is 1.17 bits per heavy atom. The quantitative estimate of drug-likeness (QED) is 0.460. The van der Waals surface area contributed by atoms with E-state index in [9.17, 15) is 8.78 Å². The summed E-state index contributed by atoms with van der Waals surface area (Å²) < 4.78 is 23.7. The van der Waals surface area contributed by atoms with Gasteiger partial charge in [-0.1, -0.05) is 48.5 Å². The SMILES string of the molecule is CCCCCCC(Br)CC(F)F. The van der Waals surface area contributed by atoms with Gasteiger partial charge in [-0.05, 0) is 6.42 Å². The highest BCUT2D eigenvalue weighted by Gasteiger charge is 2.10. The average molecular weight is 243 g/mol. The van der Waals surface area contributed by atoms with Gasteiger partial charge in [-0.15, -0.1) is 0 Å². The first-order chi connectivity index (χ1) is 5.66. The van der Waals surface area contributed by atoms with Crippen molar-refractivity contribution in [3.05, 3.63) is 0 Å². The Bertz CT molecular complexity index is 96.5. The summed E-state index contributed by atoms with van der Waals surface area (Å²) in [6.07, 6.45) is 3.35. The molecular formula is C9H17BrF2. The minimum atomic E-state index is -2.17. The molecule has 0 spiro atoms. The molecule has 0 saturated heterocycles. The zero-order chi connectivity index (χ0) is 9.40. The monoisotopic (exact) mass is 242 g/mol. The van der Waals surface area contributed by atoms with Crippen LogP contribution in [0.1, 0.15) is 45.4 Å². The van der Waals surface area contributed by atoms with Gasteiger partial charge in [0.25, 0.3) is 0 Å². The van der Waals surface area contributed by atoms with Crippen LogP contribution in [0.2, 0.25) is 0 Å². The van der Waals surface area contributed by atoms with Gasteiger partial charge >= 0.3 is 0 Å². The lowest BCUT2D eigenvalue weighted by Crippen LogP contribution is -2.04. The van der Waals surface area contributed by atoms with Crippen LogP contribution in [0.15, 0.2) is 0 Å². The molecule has 1 atom stereocenters. The van der Waals surface area contributed by atoms with E-state index in [0.717, 1.165) is 12.8 Å². The lowest BCUT2D eigenvalue weighted by atomic mass is 10.1. The average Bonchev–Trinajstić information content (AvgIpc) is 1.97. The first-order valence-corrected chi connectivity index (χ1v) is 5.50. The maximum absolute atomic E-state index is 11.8. The first-order valence-electron chi connectivity index (χ1n) is 4.59. The number of alkyl halides is 3. The van der Waals surface area contributed by atoms with Crippen LogP contribution in [0.3, 0.4) is 0 Å². The molecule has 1 unspecified atom stereocenters. The Hall–Kier alpha value is 0.340. The molecule has 0 aliphatic heterocycles. The van der Waals surface area contributed by atoms with Crippen molar-refractivity contribution in [3.8, 4) is 0 Å². The van der Waals surface area contributed by atoms with Crippen LogP contribution in [0.25, 0.3) is 0 Å². The predicted molar refractivity (Wildman–Crippen MR) is 52.1 cm³/mol. The third kappa shape index (κ3) is 8.44. The Morgan fingerprint density at radius 2 is 1.83 bits per heavy atom. The molecule has 0 aromatic rings. The number of halogens is 3. The van der Waals surface area contributed by atoms with Crippen molar-refractivity contribution in [2.24, 2.45) is 0 Å². The fraction of sp³-hybridized carbons (Fsp3) is 1.00. The van der Waals surface area contributed by atoms with Crippen molar-refractivity contribution in [2.75, 3.05) is 0 Å². The molecule has 0 aliphatic carbocycles. The molecule has 0 nitrogen and oxygen atoms in total. The molecule has 0 aromatic heterocycles. The van der Waals surface area contributed by atoms with Gasteiger partial charge in [0, 0.05) is 11.2 Å². The van der Waals surface area contributed by atoms with E-state index >= 15 is 0 Å². The highest BCUT2D eigenvalue weighted by atomic mass is 79.9. The van der Waals surface area contributed by atoms with Gasteiger partial charge in [-0.2, -0.15) is 0 Å². The van der Waals surface area contributed by atoms with E-state index < -0.39 is 6.43 Å². The van der Waals surface area contributed by atoms with E-state index in [4.69, 9.17) is 0 Å². The van der Waals surface area contributed by atoms with Crippen LogP contribution in [-0.2, 0) is 0 Å². The Labute approximate surface area is 81.9 Å². The summed E-state index contributed by atoms with van der Waals surface area (Å²) in [6, 6.07) is 0. The van der Waals surface area contributed by atoms with E-state index in [2.05, 4.69) is 22.9 Å². The first kappa shape index (κ1) is 12.3. The van der Waals surface area contributed by atoms with Crippen molar-refractivity contribution < 1.29 is 8.78 Å². The molecule has 0 rings (SSSR count). The van der Waals surface area contributed by atoms with Crippen molar-refractivity contribution in [1.82, 2.24) is 0 Å². The third-order valence-electron chi connectivity index (χ3n) is 1.80. The number of unbranched alkanes of at least 4 members (excludes halogenated alkanes) is 3. The van der Waals surface area contributed by atoms with Crippen LogP contribution < -0.4 is 0 Å². The number of hydrogen-bond donors (Lipinski definition) is 0. The fourth-order valence-corrected chi connectivity index (χ4v) is 1.71. The van der Waals surface area contributed by atoms with E-state index in [-0.39, 0.29) is 11.2 Å². The van der Waals surface area contributed by atoms with Crippen LogP contribution >= 0.6 is 15.9 Å². The lowest BCUT2D eigenvalue weighted by molar-refractivity contribution is 0.136. The van der Waals surface area contributed by atoms with Crippen LogP contribution in [0.4, 0.5) is 8.78 Å². The second kappa shape index (κ2) is 7.96. The molecule has 0 N–H and O–H groups in total. The molecule has 0 bridgehead atoms. The lowest BCUT2D eigenvalue weighted by Gasteiger charge is -2.07. The molecule has 0 aliphatic rings. The van der Waals surface area contributed by atoms with Gasteiger partial charge in [-0.3, -0.25) is 0 Å². The Balaban J connectivity index is 3.14. The zero-order valence-electron chi connectivity index (χ0n) is 7.53. The summed E-state index contributed by atoms with van der Waals surface area (Å²) in [4.78, 5) is 0.00866. The summed E-state index contributed by atoms with van der Waals surface area (Å²) in [6.45, 7) is 2.14. The normalized spacial score (nSPS) is 13.8. The maximum Gasteiger partial charge on any atom is 0.239 e. The molecule has 74 valence electrons. The minimum absolute atomic E-state index is 0.00781. The highest BCUT2D eigenvalue weighted by Crippen LogP contribution is 2.18. The molecule has 0 radical (unpaired) electrons. The molecule has 0 aromatic carbocycles. The van der Waals surface area contributed by atoms with Gasteiger partial charge in [-0.25, -0.2) is 8.78 Å². The summed E-state index contributed by atoms with van der Waals surface area (Å²) in [5, 5.41) is 0. The van der Waals surface area contributed by atoms with Crippen LogP contribution in [-0.4, -0.2) is 11.3 Å². The molecule has 0 fully saturated rings. The van der Waals surface area contributed by atoms with Gasteiger partial charge in [0.2, 0.25) is 6.43 Å². The smallest absolute Gasteiger partial charge is 0.210 e. The van der Waals surface area contributed by atoms with Gasteiger partial charge in [0.05, 0.1) is 0 Å². The molecule has 0 amide bonds. The van der Waals surface area contributed by atoms with Gasteiger partial charge in [0.15, 0.2) is 0 Å². The van der Waals surface area contributed by atoms with E-state index in [0.29, 0.717) is 0 Å². The van der Waals surface area contributed by atoms with E-state index in [1.54, 1.807) is 0 Å². The van der Waals surface area contributed by atoms with Crippen LogP contribution in [0, 0.1) is 0 Å². The van der Waals surface area contributed by atoms with Crippen LogP contribution in [0.5, 0.6) is 0 Å². The molecule has 12 heavy (non-hydrogen) atoms. The van der Waals surface area contributed by atoms with Crippen molar-refractivity contribution in [3.63, 3.8) is 0 Å². The fourth-order valence-electron chi connectivity index (χ4n) is 1.10. The summed E-state index contributed by atoms with van der Waals surface area (Å²) in [7, 11) is 0. The maximum atomic E-state index is 11.8. The summed E-state index contributed by atoms with van der Waals surface area (Å²) in [5.74, 6) is 0. The predicted octanol–water partition coefficient (Wildman–Crippen LogP) is 4.38. The number of hydrogen-bond acceptors (Lipinski definition) is 0. The molecule has 0 heterocycles. The Morgan fingerprint density at radius 3 is 2.33 bits per heavy atom. The van der Waals surface area contributed by atoms with Gasteiger partial charge in [0.1, 0.15) is 0 Å². The number of rotatable bonds is 7. The van der Waals surface area contributed by atoms with Crippen molar-refractivity contribution in [2.45, 2.75) is 56.7 Å². The summed E-state index contributed by atoms with van der Waals surface area (Å²) >= 11 is 3.25. The van der Waals surface area contributed by atoms with Gasteiger partial charge < -0.3 is 0 Å². The third-order valence-corrected chi connectivity index (χ3v) is 2.64. The topological polar surface area (TPSA) is 0 Å². The van der Waals surface area contributed by atoms with Crippen molar-refractivity contribution >= 4 is 15.9 Å². The minimum Gasteiger partial charge on any atom is -0.210 e. The van der Waals surface area contributed by atoms with E-state index in [1.165, 1.54) is 19.3 Å². The second-order valence-corrected chi connectivity index (χ2v) is 4.37. The second-order valence-electron chi connectivity index (χ2n) is 3.07. The molecular weight excluding hydrogens is 226 g/mol. The Kier molecular flexibility index (Phi) is 8.19. The standard InChI is InChI=1S/C9H17BrF2/c1-2-3-4-5-6-8(10)7-9(11)12/h8-9H,2-7H2,1H3. The largest absolute Gasteiger partial charge is 0.239 e. The summed E-state index contributed by atoms with van der Waals surface area (Å²) in [5.41, 5.74) is 0.